The van der Waals surface area contributed by atoms with Gasteiger partial charge >= 0.3 is 5.91 Å². The van der Waals surface area contributed by atoms with E-state index in [9.17, 15) is 18.8 Å². The summed E-state index contributed by atoms with van der Waals surface area (Å²) in [6.45, 7) is 3.64. The molecule has 0 radical (unpaired) electrons. The number of halogens is 1. The maximum atomic E-state index is 13.8. The third-order valence-electron chi connectivity index (χ3n) is 5.55. The zero-order valence-electron chi connectivity index (χ0n) is 18.7. The molecular formula is C25H23FN4O4. The van der Waals surface area contributed by atoms with Gasteiger partial charge in [0.25, 0.3) is 11.8 Å². The fourth-order valence-corrected chi connectivity index (χ4v) is 3.77. The number of hydrogen-bond acceptors (Lipinski definition) is 5. The first-order valence-corrected chi connectivity index (χ1v) is 10.8. The van der Waals surface area contributed by atoms with Crippen LogP contribution >= 0.6 is 0 Å². The number of aryl methyl sites for hydroxylation is 2. The van der Waals surface area contributed by atoms with Crippen LogP contribution in [0.5, 0.6) is 0 Å². The lowest BCUT2D eigenvalue weighted by molar-refractivity contribution is 0.0827. The molecule has 3 amide bonds. The van der Waals surface area contributed by atoms with Crippen molar-refractivity contribution in [3.05, 3.63) is 93.7 Å². The maximum absolute atomic E-state index is 13.8. The Morgan fingerprint density at radius 3 is 2.35 bits per heavy atom. The fourth-order valence-electron chi connectivity index (χ4n) is 3.77. The summed E-state index contributed by atoms with van der Waals surface area (Å²) >= 11 is 0. The van der Waals surface area contributed by atoms with Crippen LogP contribution in [0.15, 0.2) is 58.0 Å². The van der Waals surface area contributed by atoms with Gasteiger partial charge in [-0.15, -0.1) is 0 Å². The van der Waals surface area contributed by atoms with E-state index < -0.39 is 17.6 Å². The number of furan rings is 1. The molecule has 2 aromatic carbocycles. The van der Waals surface area contributed by atoms with Gasteiger partial charge in [-0.2, -0.15) is 5.10 Å². The molecule has 1 aromatic heterocycles. The summed E-state index contributed by atoms with van der Waals surface area (Å²) in [6.07, 6.45) is 1.95. The molecule has 3 aromatic rings. The monoisotopic (exact) mass is 462 g/mol. The number of nitrogens with zero attached hydrogens (tertiary/aromatic N) is 1. The minimum Gasteiger partial charge on any atom is -0.455 e. The number of benzene rings is 2. The summed E-state index contributed by atoms with van der Waals surface area (Å²) in [6, 6.07) is 12.6. The summed E-state index contributed by atoms with van der Waals surface area (Å²) < 4.78 is 19.5. The number of nitrogens with one attached hydrogen (secondary N) is 3. The molecule has 8 nitrogen and oxygen atoms in total. The summed E-state index contributed by atoms with van der Waals surface area (Å²) in [4.78, 5) is 37.3. The van der Waals surface area contributed by atoms with Crippen molar-refractivity contribution >= 4 is 23.4 Å². The van der Waals surface area contributed by atoms with E-state index in [1.54, 1.807) is 19.1 Å². The molecule has 0 bridgehead atoms. The third-order valence-corrected chi connectivity index (χ3v) is 5.55. The second-order valence-electron chi connectivity index (χ2n) is 7.96. The minimum absolute atomic E-state index is 0.0123. The van der Waals surface area contributed by atoms with Crippen LogP contribution in [0.4, 0.5) is 4.39 Å². The lowest BCUT2D eigenvalue weighted by atomic mass is 9.93. The molecule has 0 aliphatic heterocycles. The van der Waals surface area contributed by atoms with Crippen LogP contribution in [-0.2, 0) is 6.42 Å². The molecule has 0 spiro atoms. The van der Waals surface area contributed by atoms with Crippen molar-refractivity contribution in [2.24, 2.45) is 5.10 Å². The average molecular weight is 462 g/mol. The van der Waals surface area contributed by atoms with Crippen molar-refractivity contribution in [2.45, 2.75) is 33.1 Å². The van der Waals surface area contributed by atoms with Crippen molar-refractivity contribution in [1.82, 2.24) is 16.3 Å². The second kappa shape index (κ2) is 9.70. The van der Waals surface area contributed by atoms with E-state index in [0.29, 0.717) is 41.0 Å². The highest BCUT2D eigenvalue weighted by atomic mass is 19.1. The number of rotatable bonds is 4. The Hall–Kier alpha value is -4.27. The highest BCUT2D eigenvalue weighted by molar-refractivity contribution is 6.07. The number of carbonyl (C=O) groups is 3. The van der Waals surface area contributed by atoms with Crippen LogP contribution in [0.25, 0.3) is 0 Å². The first-order valence-electron chi connectivity index (χ1n) is 10.8. The van der Waals surface area contributed by atoms with E-state index in [-0.39, 0.29) is 17.2 Å². The SMILES string of the molecule is Cc1ccc(C(=O)N/N=C2\CCCc3oc(C(=O)NNC(=O)c4ccccc4F)c(C)c32)cc1. The number of fused-ring (bicyclic) bond motifs is 1. The molecule has 0 unspecified atom stereocenters. The van der Waals surface area contributed by atoms with E-state index in [2.05, 4.69) is 21.4 Å². The fraction of sp³-hybridized carbons (Fsp3) is 0.200. The molecule has 0 atom stereocenters. The smallest absolute Gasteiger partial charge is 0.305 e. The van der Waals surface area contributed by atoms with Crippen LogP contribution in [-0.4, -0.2) is 23.4 Å². The lowest BCUT2D eigenvalue weighted by Gasteiger charge is -2.13. The zero-order chi connectivity index (χ0) is 24.2. The van der Waals surface area contributed by atoms with Crippen molar-refractivity contribution in [2.75, 3.05) is 0 Å². The molecule has 174 valence electrons. The zero-order valence-corrected chi connectivity index (χ0v) is 18.7. The normalized spacial score (nSPS) is 13.8. The van der Waals surface area contributed by atoms with Crippen LogP contribution in [0.3, 0.4) is 0 Å². The predicted octanol–water partition coefficient (Wildman–Crippen LogP) is 3.58. The number of carbonyl (C=O) groups excluding carboxylic acids is 3. The van der Waals surface area contributed by atoms with Gasteiger partial charge < -0.3 is 4.42 Å². The molecule has 9 heteroatoms. The predicted molar refractivity (Wildman–Crippen MR) is 123 cm³/mol. The molecule has 1 aliphatic rings. The molecule has 0 saturated carbocycles. The highest BCUT2D eigenvalue weighted by Crippen LogP contribution is 2.29. The molecular weight excluding hydrogens is 439 g/mol. The van der Waals surface area contributed by atoms with Crippen molar-refractivity contribution in [3.8, 4) is 0 Å². The van der Waals surface area contributed by atoms with Gasteiger partial charge in [0.2, 0.25) is 0 Å². The Bertz CT molecular complexity index is 1290. The first kappa shape index (κ1) is 22.9. The van der Waals surface area contributed by atoms with E-state index in [0.717, 1.165) is 18.1 Å². The summed E-state index contributed by atoms with van der Waals surface area (Å²) in [5.41, 5.74) is 10.2. The van der Waals surface area contributed by atoms with Crippen LogP contribution in [0, 0.1) is 19.7 Å². The molecule has 1 heterocycles. The number of amides is 3. The van der Waals surface area contributed by atoms with E-state index in [4.69, 9.17) is 4.42 Å². The lowest BCUT2D eigenvalue weighted by Crippen LogP contribution is -2.42. The van der Waals surface area contributed by atoms with Crippen LogP contribution < -0.4 is 16.3 Å². The van der Waals surface area contributed by atoms with Gasteiger partial charge in [0.1, 0.15) is 11.6 Å². The minimum atomic E-state index is -0.790. The van der Waals surface area contributed by atoms with Gasteiger partial charge in [0, 0.05) is 23.1 Å². The second-order valence-corrected chi connectivity index (χ2v) is 7.96. The molecule has 34 heavy (non-hydrogen) atoms. The van der Waals surface area contributed by atoms with E-state index in [1.807, 2.05) is 19.1 Å². The van der Waals surface area contributed by atoms with Crippen molar-refractivity contribution in [3.63, 3.8) is 0 Å². The largest absolute Gasteiger partial charge is 0.455 e. The van der Waals surface area contributed by atoms with Gasteiger partial charge in [-0.05, 0) is 51.0 Å². The number of hydrazine groups is 1. The van der Waals surface area contributed by atoms with E-state index in [1.165, 1.54) is 18.2 Å². The van der Waals surface area contributed by atoms with E-state index >= 15 is 0 Å². The Morgan fingerprint density at radius 1 is 0.912 bits per heavy atom. The van der Waals surface area contributed by atoms with Crippen LogP contribution in [0.2, 0.25) is 0 Å². The first-order chi connectivity index (χ1) is 16.3. The standard InChI is InChI=1S/C25H23FN4O4/c1-14-10-12-16(13-11-14)23(31)28-27-19-8-5-9-20-21(19)15(2)22(34-20)25(33)30-29-24(32)17-6-3-4-7-18(17)26/h3-4,6-7,10-13H,5,8-9H2,1-2H3,(H,28,31)(H,29,32)(H,30,33)/b27-19+. The Labute approximate surface area is 195 Å². The Balaban J connectivity index is 1.48. The summed E-state index contributed by atoms with van der Waals surface area (Å²) in [5.74, 6) is -1.92. The maximum Gasteiger partial charge on any atom is 0.305 e. The van der Waals surface area contributed by atoms with Gasteiger partial charge in [-0.3, -0.25) is 25.2 Å². The topological polar surface area (TPSA) is 113 Å². The van der Waals surface area contributed by atoms with Crippen LogP contribution in [0.1, 0.15) is 66.6 Å². The molecule has 0 saturated heterocycles. The molecule has 4 rings (SSSR count). The molecule has 1 aliphatic carbocycles. The summed E-state index contributed by atoms with van der Waals surface area (Å²) in [7, 11) is 0. The average Bonchev–Trinajstić information content (AvgIpc) is 3.18. The molecule has 3 N–H and O–H groups in total. The highest BCUT2D eigenvalue weighted by Gasteiger charge is 2.28. The van der Waals surface area contributed by atoms with Gasteiger partial charge in [-0.25, -0.2) is 9.82 Å². The number of hydrazone groups is 1. The molecule has 0 fully saturated rings. The Kier molecular flexibility index (Phi) is 6.53. The Morgan fingerprint density at radius 2 is 1.62 bits per heavy atom. The van der Waals surface area contributed by atoms with Gasteiger partial charge in [0.15, 0.2) is 5.76 Å². The van der Waals surface area contributed by atoms with Crippen molar-refractivity contribution < 1.29 is 23.2 Å². The van der Waals surface area contributed by atoms with Gasteiger partial charge in [0.05, 0.1) is 11.3 Å². The summed E-state index contributed by atoms with van der Waals surface area (Å²) in [5, 5.41) is 4.29. The quantitative estimate of drug-likeness (QED) is 0.515. The third kappa shape index (κ3) is 4.73. The van der Waals surface area contributed by atoms with Crippen molar-refractivity contribution in [1.29, 1.82) is 0 Å². The number of hydrogen-bond donors (Lipinski definition) is 3. The van der Waals surface area contributed by atoms with Gasteiger partial charge in [-0.1, -0.05) is 29.8 Å².